The number of halogens is 1. The largest absolute Gasteiger partial charge is 0.409 e. The minimum Gasteiger partial charge on any atom is -0.409 e. The molecule has 0 aromatic rings. The van der Waals surface area contributed by atoms with Crippen LogP contribution in [-0.2, 0) is 27.2 Å². The van der Waals surface area contributed by atoms with Crippen LogP contribution >= 0.6 is 11.6 Å². The van der Waals surface area contributed by atoms with Crippen LogP contribution in [0.15, 0.2) is 0 Å². The van der Waals surface area contributed by atoms with Crippen molar-refractivity contribution in [1.29, 1.82) is 0 Å². The SMILES string of the molecule is C[Si](C)(C)O[C@H]1O[C@H](C(=O)Cl)[C@@H](O[Si](C)(C)C)[C@H](O[Si](C)(C)C)[C@H]1O[Si](C)(C)C. The summed E-state index contributed by atoms with van der Waals surface area (Å²) in [7, 11) is -8.04. The van der Waals surface area contributed by atoms with Crippen LogP contribution in [0.4, 0.5) is 0 Å². The molecule has 0 N–H and O–H groups in total. The van der Waals surface area contributed by atoms with Gasteiger partial charge in [-0.3, -0.25) is 4.79 Å². The van der Waals surface area contributed by atoms with E-state index in [2.05, 4.69) is 78.6 Å². The van der Waals surface area contributed by atoms with E-state index in [1.807, 2.05) is 0 Å². The van der Waals surface area contributed by atoms with Crippen molar-refractivity contribution in [3.05, 3.63) is 0 Å². The third-order valence-corrected chi connectivity index (χ3v) is 7.75. The highest BCUT2D eigenvalue weighted by Gasteiger charge is 2.54. The number of ether oxygens (including phenoxy) is 1. The first kappa shape index (κ1) is 27.7. The zero-order chi connectivity index (χ0) is 23.0. The minimum atomic E-state index is -2.04. The maximum atomic E-state index is 12.4. The van der Waals surface area contributed by atoms with Crippen molar-refractivity contribution in [3.63, 3.8) is 0 Å². The molecule has 1 fully saturated rings. The van der Waals surface area contributed by atoms with Crippen LogP contribution < -0.4 is 0 Å². The Labute approximate surface area is 186 Å². The molecule has 1 aliphatic heterocycles. The highest BCUT2D eigenvalue weighted by molar-refractivity contribution is 6.71. The first-order valence-electron chi connectivity index (χ1n) is 10.2. The van der Waals surface area contributed by atoms with Crippen LogP contribution in [0.25, 0.3) is 0 Å². The Hall–Kier alpha value is 0.628. The third kappa shape index (κ3) is 10.2. The molecule has 1 aliphatic rings. The molecule has 0 bridgehead atoms. The molecule has 29 heavy (non-hydrogen) atoms. The predicted octanol–water partition coefficient (Wildman–Crippen LogP) is 4.99. The molecular weight excluding hydrogens is 460 g/mol. The zero-order valence-corrected chi connectivity index (χ0v) is 25.0. The molecule has 5 atom stereocenters. The van der Waals surface area contributed by atoms with E-state index in [0.717, 1.165) is 0 Å². The smallest absolute Gasteiger partial charge is 0.253 e. The Kier molecular flexibility index (Phi) is 9.19. The van der Waals surface area contributed by atoms with E-state index in [1.165, 1.54) is 0 Å². The highest BCUT2D eigenvalue weighted by Crippen LogP contribution is 2.35. The monoisotopic (exact) mass is 500 g/mol. The van der Waals surface area contributed by atoms with Gasteiger partial charge in [0.05, 0.1) is 0 Å². The molecule has 0 unspecified atom stereocenters. The van der Waals surface area contributed by atoms with Crippen LogP contribution in [0.1, 0.15) is 0 Å². The molecule has 1 heterocycles. The summed E-state index contributed by atoms with van der Waals surface area (Å²) < 4.78 is 32.1. The molecule has 0 aliphatic carbocycles. The predicted molar refractivity (Wildman–Crippen MR) is 129 cm³/mol. The Balaban J connectivity index is 3.50. The van der Waals surface area contributed by atoms with E-state index in [0.29, 0.717) is 0 Å². The van der Waals surface area contributed by atoms with Crippen molar-refractivity contribution in [3.8, 4) is 0 Å². The molecule has 6 nitrogen and oxygen atoms in total. The fourth-order valence-electron chi connectivity index (χ4n) is 3.05. The fourth-order valence-corrected chi connectivity index (χ4v) is 7.33. The maximum absolute atomic E-state index is 12.4. The molecule has 172 valence electrons. The lowest BCUT2D eigenvalue weighted by atomic mass is 10.00. The second-order valence-electron chi connectivity index (χ2n) is 11.5. The van der Waals surface area contributed by atoms with E-state index in [4.69, 9.17) is 34.0 Å². The van der Waals surface area contributed by atoms with Crippen LogP contribution in [-0.4, -0.2) is 69.2 Å². The summed E-state index contributed by atoms with van der Waals surface area (Å²) >= 11 is 5.99. The summed E-state index contributed by atoms with van der Waals surface area (Å²) in [4.78, 5) is 12.4. The van der Waals surface area contributed by atoms with E-state index < -0.39 is 69.2 Å². The molecule has 0 saturated carbocycles. The van der Waals surface area contributed by atoms with Crippen molar-refractivity contribution in [2.75, 3.05) is 0 Å². The van der Waals surface area contributed by atoms with Gasteiger partial charge >= 0.3 is 0 Å². The molecule has 0 aromatic carbocycles. The molecule has 11 heteroatoms. The number of rotatable bonds is 9. The van der Waals surface area contributed by atoms with Crippen molar-refractivity contribution >= 4 is 50.1 Å². The van der Waals surface area contributed by atoms with Crippen LogP contribution in [0.3, 0.4) is 0 Å². The Morgan fingerprint density at radius 2 is 0.966 bits per heavy atom. The number of carbonyl (C=O) groups excluding carboxylic acids is 1. The van der Waals surface area contributed by atoms with Gasteiger partial charge in [-0.2, -0.15) is 0 Å². The molecule has 0 aromatic heterocycles. The van der Waals surface area contributed by atoms with Crippen molar-refractivity contribution in [2.45, 2.75) is 109 Å². The van der Waals surface area contributed by atoms with Crippen LogP contribution in [0.5, 0.6) is 0 Å². The summed E-state index contributed by atoms with van der Waals surface area (Å²) in [6, 6.07) is 0. The normalized spacial score (nSPS) is 29.8. The average Bonchev–Trinajstić information content (AvgIpc) is 2.39. The second kappa shape index (κ2) is 9.63. The van der Waals surface area contributed by atoms with Gasteiger partial charge in [-0.1, -0.05) is 0 Å². The van der Waals surface area contributed by atoms with E-state index in [9.17, 15) is 4.79 Å². The average molecular weight is 501 g/mol. The standard InChI is InChI=1S/C18H41ClO6Si4/c1-26(2,3)22-13-14(23-27(4,5)6)16(24-28(7,8)9)18(25-29(10,11)12)21-15(13)17(19)20/h13-16,18H,1-12H3/t13-,14-,15-,16+,18+/m0/s1. The maximum Gasteiger partial charge on any atom is 0.253 e. The lowest BCUT2D eigenvalue weighted by molar-refractivity contribution is -0.255. The van der Waals surface area contributed by atoms with E-state index in [-0.39, 0.29) is 0 Å². The first-order valence-corrected chi connectivity index (χ1v) is 24.3. The molecule has 1 saturated heterocycles. The Bertz CT molecular complexity index is 565. The third-order valence-electron chi connectivity index (χ3n) is 3.66. The summed E-state index contributed by atoms with van der Waals surface area (Å²) in [6.45, 7) is 25.2. The van der Waals surface area contributed by atoms with E-state index >= 15 is 0 Å². The summed E-state index contributed by atoms with van der Waals surface area (Å²) in [5, 5.41) is -0.590. The van der Waals surface area contributed by atoms with Gasteiger partial charge in [0.2, 0.25) is 0 Å². The zero-order valence-electron chi connectivity index (χ0n) is 20.2. The lowest BCUT2D eigenvalue weighted by Gasteiger charge is -2.50. The van der Waals surface area contributed by atoms with Crippen molar-refractivity contribution < 1.29 is 27.2 Å². The van der Waals surface area contributed by atoms with Crippen LogP contribution in [0, 0.1) is 0 Å². The quantitative estimate of drug-likeness (QED) is 0.328. The lowest BCUT2D eigenvalue weighted by Crippen LogP contribution is -2.67. The van der Waals surface area contributed by atoms with Crippen molar-refractivity contribution in [1.82, 2.24) is 0 Å². The fraction of sp³-hybridized carbons (Fsp3) is 0.944. The van der Waals surface area contributed by atoms with Crippen LogP contribution in [0.2, 0.25) is 78.6 Å². The summed E-state index contributed by atoms with van der Waals surface area (Å²) in [5.74, 6) is 0. The molecule has 0 spiro atoms. The van der Waals surface area contributed by atoms with Gasteiger partial charge in [0.25, 0.3) is 5.24 Å². The van der Waals surface area contributed by atoms with Crippen molar-refractivity contribution in [2.24, 2.45) is 0 Å². The minimum absolute atomic E-state index is 0.478. The van der Waals surface area contributed by atoms with E-state index in [1.54, 1.807) is 0 Å². The number of hydrogen-bond acceptors (Lipinski definition) is 6. The van der Waals surface area contributed by atoms with Gasteiger partial charge in [-0.15, -0.1) is 0 Å². The molecule has 1 rings (SSSR count). The Morgan fingerprint density at radius 3 is 1.31 bits per heavy atom. The van der Waals surface area contributed by atoms with Gasteiger partial charge in [-0.05, 0) is 90.2 Å². The number of carbonyl (C=O) groups is 1. The second-order valence-corrected chi connectivity index (χ2v) is 29.8. The molecular formula is C18H41ClO6Si4. The number of hydrogen-bond donors (Lipinski definition) is 0. The highest BCUT2D eigenvalue weighted by atomic mass is 35.5. The summed E-state index contributed by atoms with van der Waals surface area (Å²) in [6.07, 6.45) is -3.26. The topological polar surface area (TPSA) is 63.2 Å². The molecule has 0 radical (unpaired) electrons. The van der Waals surface area contributed by atoms with Gasteiger partial charge in [0, 0.05) is 0 Å². The first-order chi connectivity index (χ1) is 12.7. The Morgan fingerprint density at radius 1 is 0.621 bits per heavy atom. The summed E-state index contributed by atoms with van der Waals surface area (Å²) in [5.41, 5.74) is 0. The van der Waals surface area contributed by atoms with Gasteiger partial charge < -0.3 is 22.4 Å². The van der Waals surface area contributed by atoms with Gasteiger partial charge in [0.1, 0.15) is 18.3 Å². The molecule has 0 amide bonds. The van der Waals surface area contributed by atoms with Gasteiger partial charge in [-0.25, -0.2) is 0 Å². The van der Waals surface area contributed by atoms with Gasteiger partial charge in [0.15, 0.2) is 45.7 Å².